The van der Waals surface area contributed by atoms with E-state index in [-0.39, 0.29) is 5.56 Å². The van der Waals surface area contributed by atoms with Gasteiger partial charge in [0.15, 0.2) is 0 Å². The highest BCUT2D eigenvalue weighted by Gasteiger charge is 2.14. The van der Waals surface area contributed by atoms with Crippen molar-refractivity contribution in [3.05, 3.63) is 27.4 Å². The summed E-state index contributed by atoms with van der Waals surface area (Å²) in [6.07, 6.45) is 0.847. The Balaban J connectivity index is 2.36. The Morgan fingerprint density at radius 1 is 1.47 bits per heavy atom. The molecular formula is C10H16N4O. The van der Waals surface area contributed by atoms with Gasteiger partial charge in [0.05, 0.1) is 17.8 Å². The molecule has 1 aromatic heterocycles. The number of rotatable bonds is 2. The van der Waals surface area contributed by atoms with Crippen molar-refractivity contribution in [2.75, 3.05) is 20.6 Å². The summed E-state index contributed by atoms with van der Waals surface area (Å²) < 4.78 is 0. The zero-order valence-corrected chi connectivity index (χ0v) is 9.13. The van der Waals surface area contributed by atoms with Gasteiger partial charge in [0, 0.05) is 19.5 Å². The normalized spacial score (nSPS) is 15.4. The van der Waals surface area contributed by atoms with E-state index in [0.29, 0.717) is 13.1 Å². The number of nitrogens with zero attached hydrogens (tertiary/aromatic N) is 2. The number of nitrogens with one attached hydrogen (secondary N) is 2. The summed E-state index contributed by atoms with van der Waals surface area (Å²) in [5, 5.41) is 3.17. The highest BCUT2D eigenvalue weighted by Crippen LogP contribution is 2.06. The maximum Gasteiger partial charge on any atom is 0.255 e. The molecule has 0 spiro atoms. The Kier molecular flexibility index (Phi) is 2.83. The molecule has 2 N–H and O–H groups in total. The van der Waals surface area contributed by atoms with Crippen LogP contribution >= 0.6 is 0 Å². The molecule has 0 saturated heterocycles. The number of H-pyrrole nitrogens is 1. The molecule has 1 aromatic rings. The van der Waals surface area contributed by atoms with E-state index in [0.717, 1.165) is 30.0 Å². The first-order valence-corrected chi connectivity index (χ1v) is 5.13. The second-order valence-corrected chi connectivity index (χ2v) is 4.10. The van der Waals surface area contributed by atoms with E-state index in [1.165, 1.54) is 0 Å². The van der Waals surface area contributed by atoms with Crippen LogP contribution in [0.3, 0.4) is 0 Å². The van der Waals surface area contributed by atoms with Crippen molar-refractivity contribution >= 4 is 0 Å². The fourth-order valence-corrected chi connectivity index (χ4v) is 1.78. The van der Waals surface area contributed by atoms with Gasteiger partial charge in [-0.3, -0.25) is 4.79 Å². The van der Waals surface area contributed by atoms with Crippen LogP contribution in [0.5, 0.6) is 0 Å². The summed E-state index contributed by atoms with van der Waals surface area (Å²) in [5.74, 6) is 0.755. The van der Waals surface area contributed by atoms with Gasteiger partial charge in [-0.1, -0.05) is 0 Å². The summed E-state index contributed by atoms with van der Waals surface area (Å²) in [5.41, 5.74) is 1.75. The van der Waals surface area contributed by atoms with Gasteiger partial charge < -0.3 is 15.2 Å². The van der Waals surface area contributed by atoms with Crippen LogP contribution < -0.4 is 10.9 Å². The first kappa shape index (κ1) is 10.3. The maximum atomic E-state index is 11.7. The van der Waals surface area contributed by atoms with Crippen LogP contribution in [0.25, 0.3) is 0 Å². The van der Waals surface area contributed by atoms with E-state index in [1.54, 1.807) is 0 Å². The first-order valence-electron chi connectivity index (χ1n) is 5.13. The van der Waals surface area contributed by atoms with Crippen molar-refractivity contribution in [3.8, 4) is 0 Å². The molecule has 0 aliphatic carbocycles. The number of fused-ring (bicyclic) bond motifs is 1. The molecule has 0 amide bonds. The monoisotopic (exact) mass is 208 g/mol. The van der Waals surface area contributed by atoms with Crippen LogP contribution in [0.15, 0.2) is 4.79 Å². The Morgan fingerprint density at radius 3 is 3.00 bits per heavy atom. The van der Waals surface area contributed by atoms with Gasteiger partial charge in [0.1, 0.15) is 5.82 Å². The van der Waals surface area contributed by atoms with Crippen LogP contribution in [0.4, 0.5) is 0 Å². The second-order valence-electron chi connectivity index (χ2n) is 4.10. The molecule has 0 atom stereocenters. The van der Waals surface area contributed by atoms with Crippen LogP contribution in [0, 0.1) is 0 Å². The summed E-state index contributed by atoms with van der Waals surface area (Å²) in [4.78, 5) is 21.0. The smallest absolute Gasteiger partial charge is 0.255 e. The van der Waals surface area contributed by atoms with Gasteiger partial charge in [-0.2, -0.15) is 0 Å². The highest BCUT2D eigenvalue weighted by molar-refractivity contribution is 5.20. The fourth-order valence-electron chi connectivity index (χ4n) is 1.78. The van der Waals surface area contributed by atoms with Gasteiger partial charge in [-0.15, -0.1) is 0 Å². The van der Waals surface area contributed by atoms with E-state index in [2.05, 4.69) is 15.3 Å². The zero-order valence-electron chi connectivity index (χ0n) is 9.13. The summed E-state index contributed by atoms with van der Waals surface area (Å²) in [7, 11) is 3.92. The van der Waals surface area contributed by atoms with E-state index < -0.39 is 0 Å². The third-order valence-electron chi connectivity index (χ3n) is 2.46. The van der Waals surface area contributed by atoms with E-state index in [4.69, 9.17) is 0 Å². The molecule has 0 bridgehead atoms. The Bertz CT molecular complexity index is 410. The molecule has 5 heteroatoms. The molecule has 2 rings (SSSR count). The largest absolute Gasteiger partial charge is 0.312 e. The van der Waals surface area contributed by atoms with Crippen LogP contribution in [0.1, 0.15) is 17.1 Å². The standard InChI is InChI=1S/C10H16N4O/c1-14(2)6-9-12-8-3-4-11-5-7(8)10(15)13-9/h11H,3-6H2,1-2H3,(H,12,13,15). The Labute approximate surface area is 88.5 Å². The fraction of sp³-hybridized carbons (Fsp3) is 0.600. The van der Waals surface area contributed by atoms with Crippen LogP contribution in [-0.4, -0.2) is 35.5 Å². The third-order valence-corrected chi connectivity index (χ3v) is 2.46. The topological polar surface area (TPSA) is 61.0 Å². The molecule has 0 saturated carbocycles. The van der Waals surface area contributed by atoms with Gasteiger partial charge in [-0.25, -0.2) is 4.98 Å². The molecule has 82 valence electrons. The Morgan fingerprint density at radius 2 is 2.27 bits per heavy atom. The first-order chi connectivity index (χ1) is 7.16. The van der Waals surface area contributed by atoms with Crippen LogP contribution in [0.2, 0.25) is 0 Å². The SMILES string of the molecule is CN(C)Cc1nc2c(c(=O)[nH]1)CNCC2. The predicted molar refractivity (Wildman–Crippen MR) is 57.7 cm³/mol. The molecule has 0 aromatic carbocycles. The Hall–Kier alpha value is -1.20. The van der Waals surface area contributed by atoms with Crippen molar-refractivity contribution in [1.82, 2.24) is 20.2 Å². The lowest BCUT2D eigenvalue weighted by atomic mass is 10.1. The minimum atomic E-state index is 0.00375. The van der Waals surface area contributed by atoms with Gasteiger partial charge in [0.25, 0.3) is 5.56 Å². The summed E-state index contributed by atoms with van der Waals surface area (Å²) >= 11 is 0. The summed E-state index contributed by atoms with van der Waals surface area (Å²) in [6, 6.07) is 0. The van der Waals surface area contributed by atoms with Crippen molar-refractivity contribution in [3.63, 3.8) is 0 Å². The molecule has 0 radical (unpaired) electrons. The van der Waals surface area contributed by atoms with Crippen molar-refractivity contribution in [2.45, 2.75) is 19.5 Å². The average molecular weight is 208 g/mol. The predicted octanol–water partition coefficient (Wildman–Crippen LogP) is -0.523. The number of aromatic amines is 1. The molecule has 1 aliphatic rings. The lowest BCUT2D eigenvalue weighted by molar-refractivity contribution is 0.388. The second kappa shape index (κ2) is 4.12. The number of hydrogen-bond donors (Lipinski definition) is 2. The zero-order chi connectivity index (χ0) is 10.8. The average Bonchev–Trinajstić information content (AvgIpc) is 2.16. The quantitative estimate of drug-likeness (QED) is 0.686. The molecular weight excluding hydrogens is 192 g/mol. The number of aromatic nitrogens is 2. The van der Waals surface area contributed by atoms with Crippen molar-refractivity contribution in [2.24, 2.45) is 0 Å². The van der Waals surface area contributed by atoms with Crippen molar-refractivity contribution in [1.29, 1.82) is 0 Å². The molecule has 2 heterocycles. The van der Waals surface area contributed by atoms with E-state index in [1.807, 2.05) is 19.0 Å². The molecule has 5 nitrogen and oxygen atoms in total. The lowest BCUT2D eigenvalue weighted by Crippen LogP contribution is -2.33. The molecule has 0 unspecified atom stereocenters. The maximum absolute atomic E-state index is 11.7. The highest BCUT2D eigenvalue weighted by atomic mass is 16.1. The van der Waals surface area contributed by atoms with E-state index >= 15 is 0 Å². The third kappa shape index (κ3) is 2.24. The van der Waals surface area contributed by atoms with Gasteiger partial charge in [-0.05, 0) is 14.1 Å². The van der Waals surface area contributed by atoms with Crippen molar-refractivity contribution < 1.29 is 0 Å². The number of hydrogen-bond acceptors (Lipinski definition) is 4. The molecule has 15 heavy (non-hydrogen) atoms. The molecule has 1 aliphatic heterocycles. The minimum absolute atomic E-state index is 0.00375. The van der Waals surface area contributed by atoms with Crippen LogP contribution in [-0.2, 0) is 19.5 Å². The van der Waals surface area contributed by atoms with Gasteiger partial charge >= 0.3 is 0 Å². The molecule has 0 fully saturated rings. The van der Waals surface area contributed by atoms with Gasteiger partial charge in [0.2, 0.25) is 0 Å². The lowest BCUT2D eigenvalue weighted by Gasteiger charge is -2.17. The summed E-state index contributed by atoms with van der Waals surface area (Å²) in [6.45, 7) is 2.22. The van der Waals surface area contributed by atoms with E-state index in [9.17, 15) is 4.79 Å². The minimum Gasteiger partial charge on any atom is -0.312 e.